The van der Waals surface area contributed by atoms with Crippen molar-refractivity contribution in [3.8, 4) is 0 Å². The first kappa shape index (κ1) is 57.1. The maximum atomic E-state index is 12.8. The largest absolute Gasteiger partial charge is 0.394 e. The van der Waals surface area contributed by atoms with Gasteiger partial charge in [0.05, 0.1) is 39.1 Å². The van der Waals surface area contributed by atoms with E-state index in [-0.39, 0.29) is 0 Å². The molecule has 29 atom stereocenters. The van der Waals surface area contributed by atoms with Crippen molar-refractivity contribution in [2.24, 2.45) is 0 Å². The zero-order valence-corrected chi connectivity index (χ0v) is 37.7. The summed E-state index contributed by atoms with van der Waals surface area (Å²) in [6.07, 6.45) is -48.6. The number of hydrogen-bond donors (Lipinski definition) is 18. The predicted octanol–water partition coefficient (Wildman–Crippen LogP) is -12.1. The molecule has 2 amide bonds. The number of rotatable bonds is 17. The molecule has 31 heteroatoms. The first-order chi connectivity index (χ1) is 33.1. The van der Waals surface area contributed by atoms with Crippen molar-refractivity contribution in [3.63, 3.8) is 0 Å². The number of aliphatic hydroxyl groups excluding tert-OH is 16. The Bertz CT molecular complexity index is 1680. The van der Waals surface area contributed by atoms with E-state index in [4.69, 9.17) is 52.1 Å². The molecule has 18 N–H and O–H groups in total. The second-order valence-corrected chi connectivity index (χ2v) is 17.8. The molecule has 0 saturated carbocycles. The number of ether oxygens (including phenoxy) is 11. The van der Waals surface area contributed by atoms with Crippen molar-refractivity contribution < 1.29 is 143 Å². The average molecular weight is 1030 g/mol. The van der Waals surface area contributed by atoms with Crippen LogP contribution in [0.3, 0.4) is 0 Å². The Morgan fingerprint density at radius 2 is 0.829 bits per heavy atom. The van der Waals surface area contributed by atoms with Crippen molar-refractivity contribution in [1.29, 1.82) is 0 Å². The second kappa shape index (κ2) is 24.5. The van der Waals surface area contributed by atoms with Crippen molar-refractivity contribution >= 4 is 11.8 Å². The van der Waals surface area contributed by atoms with E-state index in [9.17, 15) is 91.3 Å². The molecule has 0 aromatic heterocycles. The van der Waals surface area contributed by atoms with E-state index in [1.165, 1.54) is 6.92 Å². The standard InChI is InChI=1S/C39H66N2O29/c1-9-19(48)24(53)29(58)37(61-9)69-32-18(41-11(3)47)34(59)62-15(7-45)31(32)68-35-17(40-10(2)46)23(52)30(14(6-44)65-35)67-39-33(70-38-27(56)21(50)13(5-43)64-38)26(55)22(51)16(66-39)8-60-36-28(57)25(54)20(49)12(4-42)63-36/h9,12-39,42-45,48-59H,4-8H2,1-3H3,(H,40,46)(H,41,47)/t9-,12+,13+,14+,15+,16+,17+,18+,19+,20+,21+,22+,23+,24+,25-,26-,27-,28-,29-,30+,31+,32+,33-,34?,35-,36-,37-,38+,39-/m0/s1. The van der Waals surface area contributed by atoms with Gasteiger partial charge in [0.2, 0.25) is 11.8 Å². The zero-order valence-electron chi connectivity index (χ0n) is 37.7. The molecule has 0 spiro atoms. The molecule has 0 aromatic carbocycles. The summed E-state index contributed by atoms with van der Waals surface area (Å²) >= 11 is 0. The molecule has 0 radical (unpaired) electrons. The van der Waals surface area contributed by atoms with Gasteiger partial charge < -0.3 is 144 Å². The molecule has 6 saturated heterocycles. The molecular weight excluding hydrogens is 960 g/mol. The van der Waals surface area contributed by atoms with Gasteiger partial charge in [-0.05, 0) is 6.92 Å². The van der Waals surface area contributed by atoms with Gasteiger partial charge in [-0.25, -0.2) is 0 Å². The minimum Gasteiger partial charge on any atom is -0.394 e. The van der Waals surface area contributed by atoms with Crippen LogP contribution in [0.1, 0.15) is 20.8 Å². The summed E-state index contributed by atoms with van der Waals surface area (Å²) in [7, 11) is 0. The maximum Gasteiger partial charge on any atom is 0.217 e. The van der Waals surface area contributed by atoms with Gasteiger partial charge in [-0.2, -0.15) is 0 Å². The second-order valence-electron chi connectivity index (χ2n) is 17.8. The van der Waals surface area contributed by atoms with E-state index in [0.717, 1.165) is 13.8 Å². The van der Waals surface area contributed by atoms with Gasteiger partial charge in [0.25, 0.3) is 0 Å². The highest BCUT2D eigenvalue weighted by Crippen LogP contribution is 2.37. The van der Waals surface area contributed by atoms with Crippen molar-refractivity contribution in [1.82, 2.24) is 10.6 Å². The molecule has 0 aromatic rings. The van der Waals surface area contributed by atoms with Crippen LogP contribution in [0.2, 0.25) is 0 Å². The highest BCUT2D eigenvalue weighted by atomic mass is 16.8. The lowest BCUT2D eigenvalue weighted by Gasteiger charge is -2.51. The van der Waals surface area contributed by atoms with Crippen LogP contribution in [-0.4, -0.2) is 305 Å². The Morgan fingerprint density at radius 3 is 1.43 bits per heavy atom. The average Bonchev–Trinajstić information content (AvgIpc) is 3.60. The third kappa shape index (κ3) is 12.2. The van der Waals surface area contributed by atoms with Crippen LogP contribution < -0.4 is 10.6 Å². The fourth-order valence-electron chi connectivity index (χ4n) is 8.94. The normalized spacial score (nSPS) is 50.1. The third-order valence-corrected chi connectivity index (χ3v) is 12.8. The molecule has 406 valence electrons. The lowest BCUT2D eigenvalue weighted by atomic mass is 9.93. The number of nitrogens with one attached hydrogen (secondary N) is 2. The van der Waals surface area contributed by atoms with Crippen LogP contribution in [0.4, 0.5) is 0 Å². The monoisotopic (exact) mass is 1030 g/mol. The lowest BCUT2D eigenvalue weighted by Crippen LogP contribution is -2.71. The van der Waals surface area contributed by atoms with Crippen LogP contribution in [0.5, 0.6) is 0 Å². The van der Waals surface area contributed by atoms with E-state index in [2.05, 4.69) is 10.6 Å². The fraction of sp³-hybridized carbons (Fsp3) is 0.949. The van der Waals surface area contributed by atoms with Crippen LogP contribution in [0, 0.1) is 0 Å². The van der Waals surface area contributed by atoms with Crippen molar-refractivity contribution in [2.75, 3.05) is 33.0 Å². The Balaban J connectivity index is 1.29. The number of carbonyl (C=O) groups is 2. The summed E-state index contributed by atoms with van der Waals surface area (Å²) in [6, 6.07) is -3.40. The SMILES string of the molecule is CC(=O)N[C@H]1[C@H](O[C@H]2[C@H](O[C@@H]3O[C@@H](C)[C@@H](O)[C@@H](O)[C@@H]3O)[C@@H](NC(C)=O)C(O)O[C@@H]2CO)O[C@H](CO)[C@@H](O[C@@H]2O[C@H](CO[C@H]3O[C@H](CO)[C@@H](O)[C@H](O)[C@@H]3O)[C@@H](O)[C@H](O)[C@@H]2O[C@H]2O[C@H](CO)[C@@H](O)[C@@H]2O)[C@@H]1O. The molecule has 0 aliphatic carbocycles. The molecule has 70 heavy (non-hydrogen) atoms. The third-order valence-electron chi connectivity index (χ3n) is 12.8. The maximum absolute atomic E-state index is 12.8. The number of hydrogen-bond acceptors (Lipinski definition) is 29. The summed E-state index contributed by atoms with van der Waals surface area (Å²) < 4.78 is 63.6. The Labute approximate surface area is 397 Å². The summed E-state index contributed by atoms with van der Waals surface area (Å²) in [4.78, 5) is 25.2. The molecule has 6 aliphatic rings. The first-order valence-electron chi connectivity index (χ1n) is 22.4. The van der Waals surface area contributed by atoms with E-state index in [1.807, 2.05) is 0 Å². The summed E-state index contributed by atoms with van der Waals surface area (Å²) in [6.45, 7) is -1.07. The molecule has 6 heterocycles. The van der Waals surface area contributed by atoms with Gasteiger partial charge in [-0.1, -0.05) is 0 Å². The Morgan fingerprint density at radius 1 is 0.400 bits per heavy atom. The van der Waals surface area contributed by atoms with Gasteiger partial charge in [0, 0.05) is 13.8 Å². The molecule has 31 nitrogen and oxygen atoms in total. The zero-order chi connectivity index (χ0) is 51.6. The van der Waals surface area contributed by atoms with Gasteiger partial charge in [0.15, 0.2) is 37.7 Å². The summed E-state index contributed by atoms with van der Waals surface area (Å²) in [5, 5.41) is 175. The molecule has 6 aliphatic heterocycles. The van der Waals surface area contributed by atoms with Crippen LogP contribution in [0.15, 0.2) is 0 Å². The molecule has 0 bridgehead atoms. The number of amides is 2. The van der Waals surface area contributed by atoms with Crippen molar-refractivity contribution in [3.05, 3.63) is 0 Å². The summed E-state index contributed by atoms with van der Waals surface area (Å²) in [5.41, 5.74) is 0. The van der Waals surface area contributed by atoms with Gasteiger partial charge >= 0.3 is 0 Å². The highest BCUT2D eigenvalue weighted by Gasteiger charge is 2.58. The smallest absolute Gasteiger partial charge is 0.217 e. The van der Waals surface area contributed by atoms with Gasteiger partial charge in [0.1, 0.15) is 134 Å². The molecule has 6 rings (SSSR count). The minimum atomic E-state index is -2.13. The quantitative estimate of drug-likeness (QED) is 0.0643. The topological polar surface area (TPSA) is 483 Å². The molecular formula is C39H66N2O29. The van der Waals surface area contributed by atoms with E-state index >= 15 is 0 Å². The first-order valence-corrected chi connectivity index (χ1v) is 22.4. The Hall–Kier alpha value is -2.14. The fourth-order valence-corrected chi connectivity index (χ4v) is 8.94. The van der Waals surface area contributed by atoms with Crippen LogP contribution in [0.25, 0.3) is 0 Å². The van der Waals surface area contributed by atoms with E-state index < -0.39 is 223 Å². The van der Waals surface area contributed by atoms with Gasteiger partial charge in [-0.3, -0.25) is 9.59 Å². The molecule has 1 unspecified atom stereocenters. The van der Waals surface area contributed by atoms with E-state index in [1.54, 1.807) is 0 Å². The van der Waals surface area contributed by atoms with E-state index in [0.29, 0.717) is 0 Å². The predicted molar refractivity (Wildman–Crippen MR) is 215 cm³/mol. The highest BCUT2D eigenvalue weighted by molar-refractivity contribution is 5.73. The lowest BCUT2D eigenvalue weighted by molar-refractivity contribution is -0.383. The van der Waals surface area contributed by atoms with Gasteiger partial charge in [-0.15, -0.1) is 0 Å². The molecule has 6 fully saturated rings. The minimum absolute atomic E-state index is 0.761. The summed E-state index contributed by atoms with van der Waals surface area (Å²) in [5.74, 6) is -1.60. The number of aliphatic hydroxyl groups is 16. The van der Waals surface area contributed by atoms with Crippen LogP contribution in [-0.2, 0) is 61.7 Å². The number of carbonyl (C=O) groups excluding carboxylic acids is 2. The van der Waals surface area contributed by atoms with Crippen LogP contribution >= 0.6 is 0 Å². The van der Waals surface area contributed by atoms with Crippen molar-refractivity contribution in [2.45, 2.75) is 199 Å². The Kier molecular flexibility index (Phi) is 20.0.